The van der Waals surface area contributed by atoms with Gasteiger partial charge in [-0.2, -0.15) is 0 Å². The summed E-state index contributed by atoms with van der Waals surface area (Å²) in [5.41, 5.74) is 0.240. The summed E-state index contributed by atoms with van der Waals surface area (Å²) in [6.45, 7) is 18.3. The fourth-order valence-electron chi connectivity index (χ4n) is 2.32. The second kappa shape index (κ2) is 5.00. The van der Waals surface area contributed by atoms with Crippen LogP contribution < -0.4 is 0 Å². The Bertz CT molecular complexity index is 232. The minimum absolute atomic E-state index is 0.240. The third-order valence-electron chi connectivity index (χ3n) is 3.01. The summed E-state index contributed by atoms with van der Waals surface area (Å²) in [6, 6.07) is 0. The molecule has 3 heteroatoms. The molecule has 1 aliphatic heterocycles. The average Bonchev–Trinajstić information content (AvgIpc) is 2.49. The zero-order valence-electron chi connectivity index (χ0n) is 10.4. The first kappa shape index (κ1) is 12.5. The summed E-state index contributed by atoms with van der Waals surface area (Å²) in [5, 5.41) is 0. The molecule has 1 heterocycles. The molecule has 1 saturated heterocycles. The maximum Gasteiger partial charge on any atom is 0.315 e. The van der Waals surface area contributed by atoms with Crippen LogP contribution in [0.1, 0.15) is 20.8 Å². The maximum atomic E-state index is 3.86. The lowest BCUT2D eigenvalue weighted by Gasteiger charge is -2.36. The second-order valence-electron chi connectivity index (χ2n) is 5.15. The topological polar surface area (TPSA) is 6.48 Å². The Morgan fingerprint density at radius 2 is 1.87 bits per heavy atom. The van der Waals surface area contributed by atoms with Crippen molar-refractivity contribution < 1.29 is 0 Å². The molecular weight excluding hydrogens is 183 g/mol. The highest BCUT2D eigenvalue weighted by Crippen LogP contribution is 2.24. The van der Waals surface area contributed by atoms with Crippen LogP contribution in [0.4, 0.5) is 0 Å². The van der Waals surface area contributed by atoms with Gasteiger partial charge in [0, 0.05) is 25.2 Å². The van der Waals surface area contributed by atoms with E-state index in [-0.39, 0.29) is 5.54 Å². The van der Waals surface area contributed by atoms with E-state index in [0.717, 1.165) is 26.0 Å². The fraction of sp³-hybridized carbons (Fsp3) is 0.667. The van der Waals surface area contributed by atoms with Gasteiger partial charge >= 0.3 is 6.98 Å². The summed E-state index contributed by atoms with van der Waals surface area (Å²) in [7, 11) is 0. The molecule has 0 N–H and O–H groups in total. The summed E-state index contributed by atoms with van der Waals surface area (Å²) in [5.74, 6) is 0. The molecule has 1 aliphatic rings. The Morgan fingerprint density at radius 1 is 1.20 bits per heavy atom. The minimum atomic E-state index is 0.240. The molecule has 0 atom stereocenters. The van der Waals surface area contributed by atoms with Crippen molar-refractivity contribution in [1.29, 1.82) is 0 Å². The predicted molar refractivity (Wildman–Crippen MR) is 69.0 cm³/mol. The van der Waals surface area contributed by atoms with Crippen LogP contribution in [-0.4, -0.2) is 41.8 Å². The SMILES string of the molecule is C=CCB1N(CC=C)CCN1C(C)(C)C. The third-order valence-corrected chi connectivity index (χ3v) is 3.01. The van der Waals surface area contributed by atoms with Crippen LogP contribution in [0.15, 0.2) is 25.3 Å². The Balaban J connectivity index is 2.74. The second-order valence-corrected chi connectivity index (χ2v) is 5.15. The molecule has 84 valence electrons. The quantitative estimate of drug-likeness (QED) is 0.514. The molecule has 0 aromatic rings. The smallest absolute Gasteiger partial charge is 0.315 e. The first-order valence-electron chi connectivity index (χ1n) is 5.73. The van der Waals surface area contributed by atoms with E-state index in [1.54, 1.807) is 0 Å². The predicted octanol–water partition coefficient (Wildman–Crippen LogP) is 2.26. The number of nitrogens with zero attached hydrogens (tertiary/aromatic N) is 2. The van der Waals surface area contributed by atoms with Crippen molar-refractivity contribution in [3.8, 4) is 0 Å². The average molecular weight is 206 g/mol. The number of rotatable bonds is 4. The number of allylic oxidation sites excluding steroid dienone is 1. The van der Waals surface area contributed by atoms with Crippen LogP contribution in [0.2, 0.25) is 6.32 Å². The van der Waals surface area contributed by atoms with Gasteiger partial charge in [0.1, 0.15) is 0 Å². The van der Waals surface area contributed by atoms with Crippen LogP contribution in [0.5, 0.6) is 0 Å². The van der Waals surface area contributed by atoms with Gasteiger partial charge in [-0.15, -0.1) is 13.2 Å². The highest BCUT2D eigenvalue weighted by molar-refractivity contribution is 6.54. The van der Waals surface area contributed by atoms with E-state index >= 15 is 0 Å². The molecule has 0 aromatic heterocycles. The maximum absolute atomic E-state index is 3.86. The van der Waals surface area contributed by atoms with Gasteiger partial charge < -0.3 is 9.62 Å². The number of hydrogen-bond acceptors (Lipinski definition) is 2. The Hall–Kier alpha value is -0.535. The lowest BCUT2D eigenvalue weighted by atomic mass is 9.67. The van der Waals surface area contributed by atoms with Gasteiger partial charge in [0.15, 0.2) is 0 Å². The minimum Gasteiger partial charge on any atom is -0.323 e. The van der Waals surface area contributed by atoms with E-state index in [1.165, 1.54) is 0 Å². The largest absolute Gasteiger partial charge is 0.323 e. The van der Waals surface area contributed by atoms with Gasteiger partial charge in [0.25, 0.3) is 0 Å². The molecule has 0 amide bonds. The molecule has 0 bridgehead atoms. The molecular formula is C12H23BN2. The van der Waals surface area contributed by atoms with Crippen molar-refractivity contribution in [3.63, 3.8) is 0 Å². The fourth-order valence-corrected chi connectivity index (χ4v) is 2.32. The molecule has 0 radical (unpaired) electrons. The van der Waals surface area contributed by atoms with Gasteiger partial charge in [-0.05, 0) is 27.1 Å². The van der Waals surface area contributed by atoms with Crippen molar-refractivity contribution in [3.05, 3.63) is 25.3 Å². The molecule has 0 spiro atoms. The van der Waals surface area contributed by atoms with Gasteiger partial charge in [-0.3, -0.25) is 0 Å². The first-order chi connectivity index (χ1) is 7.00. The van der Waals surface area contributed by atoms with Crippen LogP contribution in [0.3, 0.4) is 0 Å². The summed E-state index contributed by atoms with van der Waals surface area (Å²) < 4.78 is 0. The summed E-state index contributed by atoms with van der Waals surface area (Å²) in [6.07, 6.45) is 5.04. The highest BCUT2D eigenvalue weighted by Gasteiger charge is 2.39. The Kier molecular flexibility index (Phi) is 4.17. The van der Waals surface area contributed by atoms with Crippen molar-refractivity contribution in [2.24, 2.45) is 0 Å². The van der Waals surface area contributed by atoms with Gasteiger partial charge in [0.2, 0.25) is 0 Å². The lowest BCUT2D eigenvalue weighted by Crippen LogP contribution is -2.51. The van der Waals surface area contributed by atoms with E-state index in [9.17, 15) is 0 Å². The molecule has 0 aromatic carbocycles. The van der Waals surface area contributed by atoms with E-state index in [0.29, 0.717) is 6.98 Å². The standard InChI is InChI=1S/C12H23BN2/c1-6-8-13-14(9-7-2)10-11-15(13)12(3,4)5/h6-7H,1-2,8-11H2,3-5H3. The Morgan fingerprint density at radius 3 is 2.33 bits per heavy atom. The normalized spacial score (nSPS) is 19.5. The zero-order chi connectivity index (χ0) is 11.5. The lowest BCUT2D eigenvalue weighted by molar-refractivity contribution is 0.269. The molecule has 15 heavy (non-hydrogen) atoms. The van der Waals surface area contributed by atoms with E-state index in [1.807, 2.05) is 12.2 Å². The van der Waals surface area contributed by atoms with Crippen LogP contribution >= 0.6 is 0 Å². The molecule has 2 nitrogen and oxygen atoms in total. The van der Waals surface area contributed by atoms with Crippen molar-refractivity contribution >= 4 is 6.98 Å². The van der Waals surface area contributed by atoms with Crippen molar-refractivity contribution in [1.82, 2.24) is 9.62 Å². The molecule has 1 rings (SSSR count). The van der Waals surface area contributed by atoms with Crippen molar-refractivity contribution in [2.45, 2.75) is 32.6 Å². The van der Waals surface area contributed by atoms with E-state index in [4.69, 9.17) is 0 Å². The third kappa shape index (κ3) is 2.96. The Labute approximate surface area is 94.8 Å². The highest BCUT2D eigenvalue weighted by atomic mass is 15.3. The molecule has 0 unspecified atom stereocenters. The van der Waals surface area contributed by atoms with E-state index in [2.05, 4.69) is 43.6 Å². The van der Waals surface area contributed by atoms with Crippen LogP contribution in [0.25, 0.3) is 0 Å². The van der Waals surface area contributed by atoms with Gasteiger partial charge in [0.05, 0.1) is 0 Å². The molecule has 0 aliphatic carbocycles. The van der Waals surface area contributed by atoms with Crippen LogP contribution in [-0.2, 0) is 0 Å². The van der Waals surface area contributed by atoms with E-state index < -0.39 is 0 Å². The van der Waals surface area contributed by atoms with Crippen LogP contribution in [0, 0.1) is 0 Å². The summed E-state index contributed by atoms with van der Waals surface area (Å²) in [4.78, 5) is 5.03. The first-order valence-corrected chi connectivity index (χ1v) is 5.73. The molecule has 0 saturated carbocycles. The van der Waals surface area contributed by atoms with Gasteiger partial charge in [-0.1, -0.05) is 12.2 Å². The van der Waals surface area contributed by atoms with Crippen molar-refractivity contribution in [2.75, 3.05) is 19.6 Å². The monoisotopic (exact) mass is 206 g/mol. The summed E-state index contributed by atoms with van der Waals surface area (Å²) >= 11 is 0. The van der Waals surface area contributed by atoms with Gasteiger partial charge in [-0.25, -0.2) is 0 Å². The number of hydrogen-bond donors (Lipinski definition) is 0. The zero-order valence-corrected chi connectivity index (χ0v) is 10.4. The molecule has 1 fully saturated rings.